The third-order valence-electron chi connectivity index (χ3n) is 5.26. The Morgan fingerprint density at radius 2 is 1.28 bits per heavy atom. The molecule has 0 aromatic rings. The quantitative estimate of drug-likeness (QED) is 0.298. The summed E-state index contributed by atoms with van der Waals surface area (Å²) in [4.78, 5) is 0. The van der Waals surface area contributed by atoms with Crippen LogP contribution in [-0.4, -0.2) is 6.61 Å². The maximum Gasteiger partial charge on any atom is 0.0992 e. The van der Waals surface area contributed by atoms with Gasteiger partial charge in [0.25, 0.3) is 0 Å². The summed E-state index contributed by atoms with van der Waals surface area (Å²) in [5.74, 6) is 1.56. The van der Waals surface area contributed by atoms with Crippen LogP contribution in [0.5, 0.6) is 0 Å². The molecule has 1 atom stereocenters. The molecule has 0 saturated carbocycles. The number of ether oxygens (including phenoxy) is 1. The Labute approximate surface area is 157 Å². The fourth-order valence-corrected chi connectivity index (χ4v) is 3.55. The van der Waals surface area contributed by atoms with E-state index < -0.39 is 0 Å². The summed E-state index contributed by atoms with van der Waals surface area (Å²) in [6.45, 7) is 5.34. The number of nitrogens with two attached hydrogens (primary N) is 1. The number of unbranched alkanes of at least 4 members (excludes halogenated alkanes) is 13. The number of hydrogen-bond donors (Lipinski definition) is 1. The summed E-state index contributed by atoms with van der Waals surface area (Å²) >= 11 is 0. The average Bonchev–Trinajstić information content (AvgIpc) is 2.60. The third-order valence-corrected chi connectivity index (χ3v) is 5.26. The second-order valence-electron chi connectivity index (χ2n) is 7.86. The summed E-state index contributed by atoms with van der Waals surface area (Å²) < 4.78 is 5.91. The normalized spacial score (nSPS) is 17.3. The van der Waals surface area contributed by atoms with Gasteiger partial charge in [0.15, 0.2) is 0 Å². The van der Waals surface area contributed by atoms with Gasteiger partial charge in [-0.05, 0) is 25.0 Å². The first-order chi connectivity index (χ1) is 12.2. The highest BCUT2D eigenvalue weighted by Crippen LogP contribution is 2.23. The minimum Gasteiger partial charge on any atom is -0.498 e. The van der Waals surface area contributed by atoms with Crippen LogP contribution in [0.2, 0.25) is 0 Å². The van der Waals surface area contributed by atoms with Crippen molar-refractivity contribution in [2.75, 3.05) is 6.61 Å². The molecule has 0 fully saturated rings. The van der Waals surface area contributed by atoms with Crippen molar-refractivity contribution in [3.63, 3.8) is 0 Å². The first-order valence-corrected chi connectivity index (χ1v) is 11.0. The molecule has 146 valence electrons. The van der Waals surface area contributed by atoms with Crippen molar-refractivity contribution < 1.29 is 4.74 Å². The smallest absolute Gasteiger partial charge is 0.0992 e. The largest absolute Gasteiger partial charge is 0.498 e. The number of allylic oxidation sites excluding steroid dienone is 4. The van der Waals surface area contributed by atoms with Crippen molar-refractivity contribution in [3.8, 4) is 0 Å². The van der Waals surface area contributed by atoms with E-state index in [1.165, 1.54) is 89.9 Å². The van der Waals surface area contributed by atoms with Crippen molar-refractivity contribution >= 4 is 0 Å². The van der Waals surface area contributed by atoms with Gasteiger partial charge in [-0.3, -0.25) is 0 Å². The Balaban J connectivity index is 1.79. The minimum absolute atomic E-state index is 0.441. The summed E-state index contributed by atoms with van der Waals surface area (Å²) in [5, 5.41) is 0. The maximum atomic E-state index is 5.91. The van der Waals surface area contributed by atoms with E-state index in [4.69, 9.17) is 10.5 Å². The van der Waals surface area contributed by atoms with E-state index in [0.29, 0.717) is 5.92 Å². The lowest BCUT2D eigenvalue weighted by Crippen LogP contribution is -2.12. The van der Waals surface area contributed by atoms with Crippen LogP contribution in [0.15, 0.2) is 23.6 Å². The molecule has 0 aliphatic heterocycles. The van der Waals surface area contributed by atoms with E-state index in [-0.39, 0.29) is 0 Å². The van der Waals surface area contributed by atoms with Gasteiger partial charge in [0, 0.05) is 11.6 Å². The molecule has 0 aromatic heterocycles. The summed E-state index contributed by atoms with van der Waals surface area (Å²) in [6, 6.07) is 0. The van der Waals surface area contributed by atoms with Gasteiger partial charge in [-0.2, -0.15) is 0 Å². The molecule has 0 saturated heterocycles. The van der Waals surface area contributed by atoms with Gasteiger partial charge >= 0.3 is 0 Å². The Kier molecular flexibility index (Phi) is 13.6. The van der Waals surface area contributed by atoms with E-state index >= 15 is 0 Å². The molecule has 0 aromatic carbocycles. The van der Waals surface area contributed by atoms with E-state index in [2.05, 4.69) is 13.8 Å². The topological polar surface area (TPSA) is 35.2 Å². The molecular weight excluding hydrogens is 306 g/mol. The van der Waals surface area contributed by atoms with Crippen molar-refractivity contribution in [1.82, 2.24) is 0 Å². The second kappa shape index (κ2) is 15.3. The minimum atomic E-state index is 0.441. The van der Waals surface area contributed by atoms with E-state index in [1.54, 1.807) is 0 Å². The number of rotatable bonds is 16. The fourth-order valence-electron chi connectivity index (χ4n) is 3.55. The summed E-state index contributed by atoms with van der Waals surface area (Å²) in [5.41, 5.74) is 6.80. The van der Waals surface area contributed by atoms with Crippen molar-refractivity contribution in [1.29, 1.82) is 0 Å². The lowest BCUT2D eigenvalue weighted by Gasteiger charge is -2.20. The highest BCUT2D eigenvalue weighted by Gasteiger charge is 2.14. The monoisotopic (exact) mass is 349 g/mol. The third kappa shape index (κ3) is 12.1. The van der Waals surface area contributed by atoms with Crippen LogP contribution in [0.4, 0.5) is 0 Å². The Morgan fingerprint density at radius 3 is 1.76 bits per heavy atom. The highest BCUT2D eigenvalue weighted by molar-refractivity contribution is 5.20. The molecule has 1 rings (SSSR count). The first kappa shape index (κ1) is 22.1. The van der Waals surface area contributed by atoms with Crippen LogP contribution in [0.3, 0.4) is 0 Å². The van der Waals surface area contributed by atoms with Crippen LogP contribution in [0, 0.1) is 5.92 Å². The SMILES string of the molecule is CCCCCCCCCCCCCCCCOC1=CC=C(N)CC1C. The van der Waals surface area contributed by atoms with Gasteiger partial charge in [0.2, 0.25) is 0 Å². The van der Waals surface area contributed by atoms with Crippen molar-refractivity contribution in [3.05, 3.63) is 23.6 Å². The van der Waals surface area contributed by atoms with Gasteiger partial charge in [0.05, 0.1) is 12.4 Å². The van der Waals surface area contributed by atoms with Gasteiger partial charge in [-0.1, -0.05) is 97.3 Å². The Morgan fingerprint density at radius 1 is 0.800 bits per heavy atom. The lowest BCUT2D eigenvalue weighted by atomic mass is 9.98. The first-order valence-electron chi connectivity index (χ1n) is 11.0. The van der Waals surface area contributed by atoms with Gasteiger partial charge in [-0.15, -0.1) is 0 Å². The van der Waals surface area contributed by atoms with Crippen LogP contribution < -0.4 is 5.73 Å². The fraction of sp³-hybridized carbons (Fsp3) is 0.826. The highest BCUT2D eigenvalue weighted by atomic mass is 16.5. The molecule has 2 nitrogen and oxygen atoms in total. The zero-order chi connectivity index (χ0) is 18.2. The van der Waals surface area contributed by atoms with E-state index in [9.17, 15) is 0 Å². The Bertz CT molecular complexity index is 372. The van der Waals surface area contributed by atoms with Crippen LogP contribution in [0.1, 0.15) is 110 Å². The van der Waals surface area contributed by atoms with Crippen LogP contribution in [-0.2, 0) is 4.74 Å². The number of hydrogen-bond acceptors (Lipinski definition) is 2. The summed E-state index contributed by atoms with van der Waals surface area (Å²) in [6.07, 6.45) is 24.6. The standard InChI is InChI=1S/C23H43NO/c1-3-4-5-6-7-8-9-10-11-12-13-14-15-16-19-25-23-18-17-22(24)20-21(23)2/h17-18,21H,3-16,19-20,24H2,1-2H3. The molecule has 1 aliphatic carbocycles. The van der Waals surface area contributed by atoms with Gasteiger partial charge < -0.3 is 10.5 Å². The van der Waals surface area contributed by atoms with Crippen LogP contribution >= 0.6 is 0 Å². The molecule has 1 unspecified atom stereocenters. The summed E-state index contributed by atoms with van der Waals surface area (Å²) in [7, 11) is 0. The molecule has 25 heavy (non-hydrogen) atoms. The average molecular weight is 350 g/mol. The molecule has 2 heteroatoms. The Hall–Kier alpha value is -0.920. The van der Waals surface area contributed by atoms with Gasteiger partial charge in [0.1, 0.15) is 0 Å². The molecule has 1 aliphatic rings. The molecule has 2 N–H and O–H groups in total. The maximum absolute atomic E-state index is 5.91. The van der Waals surface area contributed by atoms with E-state index in [0.717, 1.165) is 24.5 Å². The predicted octanol–water partition coefficient (Wildman–Crippen LogP) is 7.25. The van der Waals surface area contributed by atoms with E-state index in [1.807, 2.05) is 12.2 Å². The van der Waals surface area contributed by atoms with Crippen LogP contribution in [0.25, 0.3) is 0 Å². The van der Waals surface area contributed by atoms with Crippen molar-refractivity contribution in [2.45, 2.75) is 110 Å². The zero-order valence-electron chi connectivity index (χ0n) is 17.0. The predicted molar refractivity (Wildman–Crippen MR) is 110 cm³/mol. The lowest BCUT2D eigenvalue weighted by molar-refractivity contribution is 0.173. The van der Waals surface area contributed by atoms with Gasteiger partial charge in [-0.25, -0.2) is 0 Å². The molecule has 0 amide bonds. The second-order valence-corrected chi connectivity index (χ2v) is 7.86. The molecular formula is C23H43NO. The molecule has 0 heterocycles. The molecule has 0 radical (unpaired) electrons. The molecule has 0 bridgehead atoms. The van der Waals surface area contributed by atoms with Crippen molar-refractivity contribution in [2.24, 2.45) is 11.7 Å². The zero-order valence-corrected chi connectivity index (χ0v) is 17.0. The molecule has 0 spiro atoms.